The second kappa shape index (κ2) is 13.3. The van der Waals surface area contributed by atoms with E-state index in [0.717, 1.165) is 25.7 Å². The summed E-state index contributed by atoms with van der Waals surface area (Å²) >= 11 is 0. The van der Waals surface area contributed by atoms with Crippen LogP contribution in [0.5, 0.6) is 0 Å². The van der Waals surface area contributed by atoms with Crippen LogP contribution in [-0.4, -0.2) is 49.8 Å². The van der Waals surface area contributed by atoms with Gasteiger partial charge in [-0.15, -0.1) is 0 Å². The molecule has 2 atom stereocenters. The van der Waals surface area contributed by atoms with Gasteiger partial charge in [0.2, 0.25) is 0 Å². The summed E-state index contributed by atoms with van der Waals surface area (Å²) in [5.74, 6) is 0. The maximum Gasteiger partial charge on any atom is 0.472 e. The molecule has 0 saturated carbocycles. The van der Waals surface area contributed by atoms with Crippen molar-refractivity contribution in [2.75, 3.05) is 34.3 Å². The van der Waals surface area contributed by atoms with Gasteiger partial charge in [-0.2, -0.15) is 0 Å². The van der Waals surface area contributed by atoms with Gasteiger partial charge in [0, 0.05) is 0 Å². The van der Waals surface area contributed by atoms with Crippen LogP contribution in [0.2, 0.25) is 0 Å². The van der Waals surface area contributed by atoms with Gasteiger partial charge in [0.25, 0.3) is 0 Å². The Morgan fingerprint density at radius 1 is 0.917 bits per heavy atom. The second-order valence-corrected chi connectivity index (χ2v) is 9.15. The highest BCUT2D eigenvalue weighted by Crippen LogP contribution is 2.45. The highest BCUT2D eigenvalue weighted by Gasteiger charge is 2.26. The fourth-order valence-corrected chi connectivity index (χ4v) is 3.51. The zero-order valence-corrected chi connectivity index (χ0v) is 17.5. The monoisotopic (exact) mass is 366 g/mol. The van der Waals surface area contributed by atoms with Crippen LogP contribution in [0, 0.1) is 0 Å². The molecule has 0 rings (SSSR count). The molecule has 1 N–H and O–H groups in total. The molecular formula is C18H41NO4P+. The van der Waals surface area contributed by atoms with Crippen molar-refractivity contribution in [3.63, 3.8) is 0 Å². The van der Waals surface area contributed by atoms with Gasteiger partial charge in [-0.25, -0.2) is 4.57 Å². The Bertz CT molecular complexity index is 344. The molecular weight excluding hydrogens is 325 g/mol. The average molecular weight is 367 g/mol. The third-order valence-corrected chi connectivity index (χ3v) is 5.11. The first-order valence-electron chi connectivity index (χ1n) is 9.66. The maximum absolute atomic E-state index is 12.1. The Labute approximate surface area is 149 Å². The smallest absolute Gasteiger partial charge is 0.329 e. The van der Waals surface area contributed by atoms with E-state index < -0.39 is 7.82 Å². The fraction of sp³-hybridized carbons (Fsp3) is 1.00. The topological polar surface area (TPSA) is 55.8 Å². The Morgan fingerprint density at radius 2 is 1.50 bits per heavy atom. The van der Waals surface area contributed by atoms with Crippen molar-refractivity contribution in [1.82, 2.24) is 0 Å². The molecule has 0 saturated heterocycles. The average Bonchev–Trinajstić information content (AvgIpc) is 2.44. The van der Waals surface area contributed by atoms with Crippen LogP contribution < -0.4 is 0 Å². The van der Waals surface area contributed by atoms with Gasteiger partial charge in [-0.3, -0.25) is 9.05 Å². The van der Waals surface area contributed by atoms with Crippen LogP contribution in [0.3, 0.4) is 0 Å². The molecule has 0 heterocycles. The molecule has 0 aliphatic rings. The molecule has 0 bridgehead atoms. The van der Waals surface area contributed by atoms with Crippen molar-refractivity contribution in [1.29, 1.82) is 0 Å². The third kappa shape index (κ3) is 15.6. The van der Waals surface area contributed by atoms with Gasteiger partial charge < -0.3 is 9.38 Å². The second-order valence-electron chi connectivity index (χ2n) is 7.74. The highest BCUT2D eigenvalue weighted by molar-refractivity contribution is 7.47. The molecule has 6 heteroatoms. The Morgan fingerprint density at radius 3 is 2.04 bits per heavy atom. The Hall–Kier alpha value is 0.0700. The molecule has 0 aliphatic carbocycles. The predicted octanol–water partition coefficient (Wildman–Crippen LogP) is 5.14. The molecule has 24 heavy (non-hydrogen) atoms. The minimum absolute atomic E-state index is 0.175. The number of unbranched alkanes of at least 4 members (excludes halogenated alkanes) is 6. The van der Waals surface area contributed by atoms with E-state index >= 15 is 0 Å². The normalized spacial score (nSPS) is 16.1. The van der Waals surface area contributed by atoms with E-state index in [0.29, 0.717) is 11.0 Å². The molecule has 0 aromatic carbocycles. The quantitative estimate of drug-likeness (QED) is 0.234. The fourth-order valence-electron chi connectivity index (χ4n) is 2.55. The highest BCUT2D eigenvalue weighted by atomic mass is 31.2. The van der Waals surface area contributed by atoms with Gasteiger partial charge >= 0.3 is 7.82 Å². The first-order valence-corrected chi connectivity index (χ1v) is 11.2. The molecule has 146 valence electrons. The SMILES string of the molecule is CCCCCCCCCC(CCC)OP(=O)(O)OCC[N+](C)(C)C. The number of quaternary nitrogens is 1. The van der Waals surface area contributed by atoms with Crippen molar-refractivity contribution >= 4 is 7.82 Å². The third-order valence-electron chi connectivity index (χ3n) is 4.04. The molecule has 0 aromatic heterocycles. The van der Waals surface area contributed by atoms with Crippen molar-refractivity contribution < 1.29 is 23.0 Å². The van der Waals surface area contributed by atoms with Gasteiger partial charge in [0.05, 0.1) is 27.2 Å². The van der Waals surface area contributed by atoms with E-state index in [4.69, 9.17) is 9.05 Å². The molecule has 0 aliphatic heterocycles. The lowest BCUT2D eigenvalue weighted by Gasteiger charge is -2.25. The van der Waals surface area contributed by atoms with Crippen LogP contribution in [0.4, 0.5) is 0 Å². The number of nitrogens with zero attached hydrogens (tertiary/aromatic N) is 1. The van der Waals surface area contributed by atoms with Gasteiger partial charge in [0.1, 0.15) is 13.2 Å². The summed E-state index contributed by atoms with van der Waals surface area (Å²) < 4.78 is 23.3. The van der Waals surface area contributed by atoms with E-state index in [-0.39, 0.29) is 12.7 Å². The van der Waals surface area contributed by atoms with Crippen molar-refractivity contribution in [3.05, 3.63) is 0 Å². The number of phosphoric ester groups is 1. The zero-order valence-electron chi connectivity index (χ0n) is 16.6. The predicted molar refractivity (Wildman–Crippen MR) is 101 cm³/mol. The molecule has 0 fully saturated rings. The van der Waals surface area contributed by atoms with Crippen molar-refractivity contribution in [2.45, 2.75) is 84.2 Å². The first-order chi connectivity index (χ1) is 11.2. The van der Waals surface area contributed by atoms with Crippen LogP contribution >= 0.6 is 7.82 Å². The lowest BCUT2D eigenvalue weighted by atomic mass is 10.0. The largest absolute Gasteiger partial charge is 0.472 e. The summed E-state index contributed by atoms with van der Waals surface area (Å²) in [5.41, 5.74) is 0. The van der Waals surface area contributed by atoms with Gasteiger partial charge in [0.15, 0.2) is 0 Å². The van der Waals surface area contributed by atoms with E-state index in [1.165, 1.54) is 38.5 Å². The number of hydrogen-bond donors (Lipinski definition) is 1. The lowest BCUT2D eigenvalue weighted by Crippen LogP contribution is -2.37. The Balaban J connectivity index is 4.04. The van der Waals surface area contributed by atoms with E-state index in [1.807, 2.05) is 21.1 Å². The van der Waals surface area contributed by atoms with Crippen LogP contribution in [0.1, 0.15) is 78.1 Å². The van der Waals surface area contributed by atoms with Gasteiger partial charge in [-0.1, -0.05) is 65.2 Å². The van der Waals surface area contributed by atoms with E-state index in [9.17, 15) is 9.46 Å². The summed E-state index contributed by atoms with van der Waals surface area (Å²) in [6, 6.07) is 0. The number of phosphoric acid groups is 1. The van der Waals surface area contributed by atoms with Gasteiger partial charge in [-0.05, 0) is 12.8 Å². The summed E-state index contributed by atoms with van der Waals surface area (Å²) in [5, 5.41) is 0. The summed E-state index contributed by atoms with van der Waals surface area (Å²) in [4.78, 5) is 9.91. The number of likely N-dealkylation sites (N-methyl/N-ethyl adjacent to an activating group) is 1. The van der Waals surface area contributed by atoms with Crippen LogP contribution in [0.15, 0.2) is 0 Å². The van der Waals surface area contributed by atoms with Crippen LogP contribution in [0.25, 0.3) is 0 Å². The summed E-state index contributed by atoms with van der Waals surface area (Å²) in [6.07, 6.45) is 11.1. The van der Waals surface area contributed by atoms with Crippen molar-refractivity contribution in [3.8, 4) is 0 Å². The Kier molecular flexibility index (Phi) is 13.3. The number of hydrogen-bond acceptors (Lipinski definition) is 3. The summed E-state index contributed by atoms with van der Waals surface area (Å²) in [6.45, 7) is 5.20. The standard InChI is InChI=1S/C18H40NO4P/c1-6-8-9-10-11-12-13-15-18(14-7-2)23-24(20,21)22-17-16-19(3,4)5/h18H,6-17H2,1-5H3/p+1. The molecule has 0 amide bonds. The maximum atomic E-state index is 12.1. The zero-order chi connectivity index (χ0) is 18.5. The molecule has 0 spiro atoms. The van der Waals surface area contributed by atoms with E-state index in [2.05, 4.69) is 13.8 Å². The molecule has 2 unspecified atom stereocenters. The molecule has 0 radical (unpaired) electrons. The van der Waals surface area contributed by atoms with E-state index in [1.54, 1.807) is 0 Å². The lowest BCUT2D eigenvalue weighted by molar-refractivity contribution is -0.870. The molecule has 5 nitrogen and oxygen atoms in total. The summed E-state index contributed by atoms with van der Waals surface area (Å²) in [7, 11) is 2.12. The van der Waals surface area contributed by atoms with Crippen LogP contribution in [-0.2, 0) is 13.6 Å². The minimum atomic E-state index is -3.94. The number of rotatable bonds is 16. The van der Waals surface area contributed by atoms with Crippen molar-refractivity contribution in [2.24, 2.45) is 0 Å². The molecule has 0 aromatic rings. The first kappa shape index (κ1) is 24.1. The minimum Gasteiger partial charge on any atom is -0.329 e.